The summed E-state index contributed by atoms with van der Waals surface area (Å²) in [6.07, 6.45) is 1.76. The number of benzene rings is 2. The summed E-state index contributed by atoms with van der Waals surface area (Å²) in [5.41, 5.74) is 1.76. The predicted octanol–water partition coefficient (Wildman–Crippen LogP) is 3.42. The van der Waals surface area contributed by atoms with Crippen molar-refractivity contribution in [1.29, 1.82) is 0 Å². The Morgan fingerprint density at radius 1 is 1.18 bits per heavy atom. The fourth-order valence-corrected chi connectivity index (χ4v) is 3.51. The third kappa shape index (κ3) is 5.39. The summed E-state index contributed by atoms with van der Waals surface area (Å²) in [6, 6.07) is 16.2. The standard InChI is InChI=1S/C20H22FN5OS/c1-14(11-12-16-7-4-3-5-8-16)22-19(27)15(2)28-20-23-24-25-26(20)18-10-6-9-17(21)13-18/h3-10,13-15H,11-12H2,1-2H3,(H,22,27)/t14-,15-/m1/s1. The van der Waals surface area contributed by atoms with Crippen LogP contribution in [0.4, 0.5) is 4.39 Å². The summed E-state index contributed by atoms with van der Waals surface area (Å²) in [7, 11) is 0. The van der Waals surface area contributed by atoms with Gasteiger partial charge in [-0.3, -0.25) is 4.79 Å². The second-order valence-corrected chi connectivity index (χ2v) is 7.86. The average molecular weight is 399 g/mol. The van der Waals surface area contributed by atoms with Gasteiger partial charge in [-0.2, -0.15) is 4.68 Å². The Morgan fingerprint density at radius 2 is 1.96 bits per heavy atom. The number of aromatic nitrogens is 4. The Bertz CT molecular complexity index is 918. The highest BCUT2D eigenvalue weighted by molar-refractivity contribution is 8.00. The van der Waals surface area contributed by atoms with Gasteiger partial charge in [0.15, 0.2) is 0 Å². The van der Waals surface area contributed by atoms with Crippen LogP contribution in [-0.4, -0.2) is 37.4 Å². The summed E-state index contributed by atoms with van der Waals surface area (Å²) in [5, 5.41) is 14.6. The molecule has 0 aliphatic rings. The first-order valence-electron chi connectivity index (χ1n) is 9.08. The smallest absolute Gasteiger partial charge is 0.233 e. The molecule has 2 aromatic carbocycles. The van der Waals surface area contributed by atoms with Crippen LogP contribution in [0.3, 0.4) is 0 Å². The quantitative estimate of drug-likeness (QED) is 0.588. The van der Waals surface area contributed by atoms with Crippen molar-refractivity contribution in [2.45, 2.75) is 43.1 Å². The van der Waals surface area contributed by atoms with Crippen molar-refractivity contribution in [3.05, 3.63) is 66.0 Å². The van der Waals surface area contributed by atoms with E-state index in [1.165, 1.54) is 34.1 Å². The molecule has 8 heteroatoms. The van der Waals surface area contributed by atoms with E-state index in [9.17, 15) is 9.18 Å². The van der Waals surface area contributed by atoms with Gasteiger partial charge in [-0.25, -0.2) is 4.39 Å². The molecular formula is C20H22FN5OS. The first kappa shape index (κ1) is 20.0. The van der Waals surface area contributed by atoms with E-state index in [0.717, 1.165) is 12.8 Å². The molecule has 0 saturated heterocycles. The van der Waals surface area contributed by atoms with Crippen LogP contribution in [0.25, 0.3) is 5.69 Å². The molecule has 2 atom stereocenters. The highest BCUT2D eigenvalue weighted by Crippen LogP contribution is 2.23. The molecule has 1 N–H and O–H groups in total. The molecule has 0 spiro atoms. The number of thioether (sulfide) groups is 1. The first-order chi connectivity index (χ1) is 13.5. The number of halogens is 1. The van der Waals surface area contributed by atoms with Crippen molar-refractivity contribution < 1.29 is 9.18 Å². The van der Waals surface area contributed by atoms with Crippen LogP contribution in [0, 0.1) is 5.82 Å². The number of rotatable bonds is 8. The number of hydrogen-bond acceptors (Lipinski definition) is 5. The number of aryl methyl sites for hydroxylation is 1. The van der Waals surface area contributed by atoms with Crippen molar-refractivity contribution >= 4 is 17.7 Å². The van der Waals surface area contributed by atoms with E-state index in [1.54, 1.807) is 19.1 Å². The van der Waals surface area contributed by atoms with E-state index in [1.807, 2.05) is 25.1 Å². The topological polar surface area (TPSA) is 72.7 Å². The maximum Gasteiger partial charge on any atom is 0.233 e. The molecule has 0 aliphatic heterocycles. The fraction of sp³-hybridized carbons (Fsp3) is 0.300. The molecule has 1 amide bonds. The Labute approximate surface area is 167 Å². The number of amides is 1. The second kappa shape index (κ2) is 9.45. The maximum atomic E-state index is 13.5. The average Bonchev–Trinajstić information content (AvgIpc) is 3.15. The summed E-state index contributed by atoms with van der Waals surface area (Å²) < 4.78 is 14.9. The van der Waals surface area contributed by atoms with Gasteiger partial charge in [0.25, 0.3) is 0 Å². The molecule has 146 valence electrons. The maximum absolute atomic E-state index is 13.5. The summed E-state index contributed by atoms with van der Waals surface area (Å²) >= 11 is 1.23. The minimum absolute atomic E-state index is 0.0509. The van der Waals surface area contributed by atoms with E-state index in [0.29, 0.717) is 10.8 Å². The lowest BCUT2D eigenvalue weighted by molar-refractivity contribution is -0.120. The summed E-state index contributed by atoms with van der Waals surface area (Å²) in [6.45, 7) is 3.80. The molecule has 28 heavy (non-hydrogen) atoms. The van der Waals surface area contributed by atoms with Crippen molar-refractivity contribution in [2.24, 2.45) is 0 Å². The van der Waals surface area contributed by atoms with Gasteiger partial charge >= 0.3 is 0 Å². The van der Waals surface area contributed by atoms with E-state index in [4.69, 9.17) is 0 Å². The normalized spacial score (nSPS) is 13.1. The van der Waals surface area contributed by atoms with E-state index in [2.05, 4.69) is 33.0 Å². The van der Waals surface area contributed by atoms with Crippen molar-refractivity contribution in [2.75, 3.05) is 0 Å². The van der Waals surface area contributed by atoms with Gasteiger partial charge in [0.05, 0.1) is 10.9 Å². The van der Waals surface area contributed by atoms with Crippen LogP contribution < -0.4 is 5.32 Å². The molecule has 0 fully saturated rings. The number of nitrogens with one attached hydrogen (secondary N) is 1. The van der Waals surface area contributed by atoms with E-state index in [-0.39, 0.29) is 17.8 Å². The Morgan fingerprint density at radius 3 is 2.71 bits per heavy atom. The lowest BCUT2D eigenvalue weighted by atomic mass is 10.1. The zero-order chi connectivity index (χ0) is 19.9. The van der Waals surface area contributed by atoms with Gasteiger partial charge in [0, 0.05) is 6.04 Å². The van der Waals surface area contributed by atoms with Crippen LogP contribution in [0.1, 0.15) is 25.8 Å². The first-order valence-corrected chi connectivity index (χ1v) is 9.96. The van der Waals surface area contributed by atoms with Crippen molar-refractivity contribution in [3.63, 3.8) is 0 Å². The lowest BCUT2D eigenvalue weighted by Crippen LogP contribution is -2.38. The largest absolute Gasteiger partial charge is 0.353 e. The molecule has 3 aromatic rings. The van der Waals surface area contributed by atoms with Crippen LogP contribution in [-0.2, 0) is 11.2 Å². The molecule has 1 aromatic heterocycles. The molecule has 0 unspecified atom stereocenters. The molecule has 0 bridgehead atoms. The Kier molecular flexibility index (Phi) is 6.76. The van der Waals surface area contributed by atoms with Crippen LogP contribution in [0.15, 0.2) is 59.8 Å². The third-order valence-electron chi connectivity index (χ3n) is 4.24. The highest BCUT2D eigenvalue weighted by Gasteiger charge is 2.20. The van der Waals surface area contributed by atoms with Gasteiger partial charge in [-0.05, 0) is 60.9 Å². The minimum atomic E-state index is -0.391. The number of tetrazole rings is 1. The van der Waals surface area contributed by atoms with Gasteiger partial charge in [0.1, 0.15) is 5.82 Å². The molecule has 6 nitrogen and oxygen atoms in total. The molecule has 1 heterocycles. The summed E-state index contributed by atoms with van der Waals surface area (Å²) in [5.74, 6) is -0.457. The highest BCUT2D eigenvalue weighted by atomic mass is 32.2. The molecule has 0 aliphatic carbocycles. The minimum Gasteiger partial charge on any atom is -0.353 e. The Hall–Kier alpha value is -2.74. The van der Waals surface area contributed by atoms with Gasteiger partial charge < -0.3 is 5.32 Å². The SMILES string of the molecule is C[C@H](CCc1ccccc1)NC(=O)[C@@H](C)Sc1nnnn1-c1cccc(F)c1. The lowest BCUT2D eigenvalue weighted by Gasteiger charge is -2.17. The predicted molar refractivity (Wildman–Crippen MR) is 107 cm³/mol. The van der Waals surface area contributed by atoms with Gasteiger partial charge in [0.2, 0.25) is 11.1 Å². The number of carbonyl (C=O) groups excluding carboxylic acids is 1. The van der Waals surface area contributed by atoms with Crippen molar-refractivity contribution in [3.8, 4) is 5.69 Å². The second-order valence-electron chi connectivity index (χ2n) is 6.55. The molecular weight excluding hydrogens is 377 g/mol. The zero-order valence-electron chi connectivity index (χ0n) is 15.7. The van der Waals surface area contributed by atoms with E-state index >= 15 is 0 Å². The molecule has 3 rings (SSSR count). The van der Waals surface area contributed by atoms with Gasteiger partial charge in [-0.15, -0.1) is 5.10 Å². The third-order valence-corrected chi connectivity index (χ3v) is 5.28. The number of nitrogens with zero attached hydrogens (tertiary/aromatic N) is 4. The molecule has 0 radical (unpaired) electrons. The fourth-order valence-electron chi connectivity index (χ4n) is 2.69. The van der Waals surface area contributed by atoms with Gasteiger partial charge in [-0.1, -0.05) is 48.2 Å². The zero-order valence-corrected chi connectivity index (χ0v) is 16.6. The number of carbonyl (C=O) groups is 1. The molecule has 0 saturated carbocycles. The van der Waals surface area contributed by atoms with Crippen LogP contribution in [0.5, 0.6) is 0 Å². The van der Waals surface area contributed by atoms with Crippen LogP contribution in [0.2, 0.25) is 0 Å². The van der Waals surface area contributed by atoms with Crippen molar-refractivity contribution in [1.82, 2.24) is 25.5 Å². The Balaban J connectivity index is 1.55. The number of hydrogen-bond donors (Lipinski definition) is 1. The van der Waals surface area contributed by atoms with Crippen LogP contribution >= 0.6 is 11.8 Å². The monoisotopic (exact) mass is 399 g/mol. The summed E-state index contributed by atoms with van der Waals surface area (Å²) in [4.78, 5) is 12.5. The van der Waals surface area contributed by atoms with E-state index < -0.39 is 5.25 Å².